The van der Waals surface area contributed by atoms with Crippen LogP contribution in [0.3, 0.4) is 0 Å². The van der Waals surface area contributed by atoms with Gasteiger partial charge in [0.15, 0.2) is 0 Å². The number of rotatable bonds is 7. The third-order valence-corrected chi connectivity index (χ3v) is 5.75. The van der Waals surface area contributed by atoms with Gasteiger partial charge in [0.05, 0.1) is 6.20 Å². The molecule has 2 aromatic rings. The fourth-order valence-corrected chi connectivity index (χ4v) is 4.51. The van der Waals surface area contributed by atoms with E-state index in [-0.39, 0.29) is 5.91 Å². The standard InChI is InChI=1S/C22H33N5O/c1-5-27-11-7-10-19(21(27)20-13-24-26(4)16-20)15-25(3)14-17-8-6-9-18(12-17)22(28)23-2/h6,8-9,12-13,16,19,21H,5,7,10-11,14-15H2,1-4H3,(H,23,28)/t19-,21+/m0/s1. The molecule has 6 nitrogen and oxygen atoms in total. The molecule has 0 aliphatic carbocycles. The van der Waals surface area contributed by atoms with E-state index < -0.39 is 0 Å². The lowest BCUT2D eigenvalue weighted by molar-refractivity contribution is 0.0749. The predicted molar refractivity (Wildman–Crippen MR) is 112 cm³/mol. The molecule has 1 N–H and O–H groups in total. The lowest BCUT2D eigenvalue weighted by atomic mass is 9.85. The molecule has 28 heavy (non-hydrogen) atoms. The summed E-state index contributed by atoms with van der Waals surface area (Å²) in [6, 6.07) is 8.34. The lowest BCUT2D eigenvalue weighted by Crippen LogP contribution is -2.42. The minimum Gasteiger partial charge on any atom is -0.355 e. The van der Waals surface area contributed by atoms with Gasteiger partial charge < -0.3 is 10.2 Å². The molecule has 0 saturated carbocycles. The lowest BCUT2D eigenvalue weighted by Gasteiger charge is -2.42. The molecule has 2 heterocycles. The Morgan fingerprint density at radius 1 is 1.39 bits per heavy atom. The van der Waals surface area contributed by atoms with Crippen molar-refractivity contribution in [3.8, 4) is 0 Å². The summed E-state index contributed by atoms with van der Waals surface area (Å²) in [7, 11) is 5.84. The SMILES string of the molecule is CCN1CCC[C@@H](CN(C)Cc2cccc(C(=O)NC)c2)[C@@H]1c1cnn(C)c1. The van der Waals surface area contributed by atoms with Gasteiger partial charge in [0.1, 0.15) is 0 Å². The van der Waals surface area contributed by atoms with Gasteiger partial charge in [-0.25, -0.2) is 0 Å². The number of carbonyl (C=O) groups excluding carboxylic acids is 1. The summed E-state index contributed by atoms with van der Waals surface area (Å²) in [6.07, 6.45) is 6.67. The Balaban J connectivity index is 1.71. The highest BCUT2D eigenvalue weighted by Crippen LogP contribution is 2.36. The van der Waals surface area contributed by atoms with Gasteiger partial charge in [-0.05, 0) is 56.6 Å². The Labute approximate surface area is 168 Å². The Hall–Kier alpha value is -2.18. The first-order valence-electron chi connectivity index (χ1n) is 10.2. The van der Waals surface area contributed by atoms with E-state index in [1.807, 2.05) is 36.1 Å². The van der Waals surface area contributed by atoms with Crippen LogP contribution >= 0.6 is 0 Å². The second-order valence-electron chi connectivity index (χ2n) is 7.90. The van der Waals surface area contributed by atoms with Gasteiger partial charge in [0.25, 0.3) is 5.91 Å². The minimum absolute atomic E-state index is 0.0352. The summed E-state index contributed by atoms with van der Waals surface area (Å²) in [5, 5.41) is 7.11. The molecule has 2 atom stereocenters. The van der Waals surface area contributed by atoms with Crippen LogP contribution < -0.4 is 5.32 Å². The van der Waals surface area contributed by atoms with E-state index in [0.29, 0.717) is 12.0 Å². The second kappa shape index (κ2) is 9.34. The zero-order valence-corrected chi connectivity index (χ0v) is 17.6. The minimum atomic E-state index is -0.0352. The maximum Gasteiger partial charge on any atom is 0.251 e. The highest BCUT2D eigenvalue weighted by atomic mass is 16.1. The van der Waals surface area contributed by atoms with Crippen LogP contribution in [0.1, 0.15) is 47.3 Å². The summed E-state index contributed by atoms with van der Waals surface area (Å²) in [5.41, 5.74) is 3.21. The van der Waals surface area contributed by atoms with Crippen molar-refractivity contribution in [1.29, 1.82) is 0 Å². The van der Waals surface area contributed by atoms with Crippen molar-refractivity contribution >= 4 is 5.91 Å². The van der Waals surface area contributed by atoms with E-state index in [2.05, 4.69) is 46.4 Å². The summed E-state index contributed by atoms with van der Waals surface area (Å²) in [4.78, 5) is 16.9. The summed E-state index contributed by atoms with van der Waals surface area (Å²) >= 11 is 0. The molecular formula is C22H33N5O. The maximum absolute atomic E-state index is 11.9. The molecule has 1 aromatic heterocycles. The van der Waals surface area contributed by atoms with Crippen molar-refractivity contribution in [2.75, 3.05) is 33.7 Å². The molecule has 6 heteroatoms. The molecule has 1 fully saturated rings. The van der Waals surface area contributed by atoms with Crippen molar-refractivity contribution < 1.29 is 4.79 Å². The fraction of sp³-hybridized carbons (Fsp3) is 0.545. The van der Waals surface area contributed by atoms with E-state index in [1.54, 1.807) is 7.05 Å². The molecule has 0 spiro atoms. The van der Waals surface area contributed by atoms with Gasteiger partial charge in [-0.3, -0.25) is 14.4 Å². The molecule has 1 aromatic carbocycles. The van der Waals surface area contributed by atoms with E-state index in [1.165, 1.54) is 24.0 Å². The van der Waals surface area contributed by atoms with Crippen LogP contribution in [0.4, 0.5) is 0 Å². The highest BCUT2D eigenvalue weighted by molar-refractivity contribution is 5.94. The Bertz CT molecular complexity index is 787. The molecule has 0 unspecified atom stereocenters. The quantitative estimate of drug-likeness (QED) is 0.799. The number of carbonyl (C=O) groups is 1. The zero-order valence-electron chi connectivity index (χ0n) is 17.6. The number of hydrogen-bond acceptors (Lipinski definition) is 4. The molecule has 1 saturated heterocycles. The zero-order chi connectivity index (χ0) is 20.1. The van der Waals surface area contributed by atoms with Gasteiger partial charge in [-0.15, -0.1) is 0 Å². The third-order valence-electron chi connectivity index (χ3n) is 5.75. The van der Waals surface area contributed by atoms with E-state index >= 15 is 0 Å². The third kappa shape index (κ3) is 4.80. The number of nitrogens with one attached hydrogen (secondary N) is 1. The normalized spacial score (nSPS) is 20.5. The number of amides is 1. The largest absolute Gasteiger partial charge is 0.355 e. The first-order valence-corrected chi connectivity index (χ1v) is 10.2. The van der Waals surface area contributed by atoms with Crippen molar-refractivity contribution in [1.82, 2.24) is 24.9 Å². The number of piperidine rings is 1. The Morgan fingerprint density at radius 3 is 2.89 bits per heavy atom. The van der Waals surface area contributed by atoms with Gasteiger partial charge in [-0.2, -0.15) is 5.10 Å². The average molecular weight is 384 g/mol. The number of nitrogens with zero attached hydrogens (tertiary/aromatic N) is 4. The number of aromatic nitrogens is 2. The molecule has 1 amide bonds. The first kappa shape index (κ1) is 20.6. The Kier molecular flexibility index (Phi) is 6.86. The van der Waals surface area contributed by atoms with Crippen LogP contribution in [0.25, 0.3) is 0 Å². The van der Waals surface area contributed by atoms with E-state index in [0.717, 1.165) is 31.7 Å². The molecule has 0 bridgehead atoms. The number of benzene rings is 1. The van der Waals surface area contributed by atoms with E-state index in [9.17, 15) is 4.79 Å². The predicted octanol–water partition coefficient (Wildman–Crippen LogP) is 2.68. The monoisotopic (exact) mass is 383 g/mol. The molecule has 1 aliphatic rings. The Morgan fingerprint density at radius 2 is 2.21 bits per heavy atom. The topological polar surface area (TPSA) is 53.4 Å². The van der Waals surface area contributed by atoms with Gasteiger partial charge >= 0.3 is 0 Å². The first-order chi connectivity index (χ1) is 13.5. The average Bonchev–Trinajstić information content (AvgIpc) is 3.13. The molecule has 3 rings (SSSR count). The van der Waals surface area contributed by atoms with Gasteiger partial charge in [0, 0.05) is 50.6 Å². The van der Waals surface area contributed by atoms with Crippen molar-refractivity contribution in [2.24, 2.45) is 13.0 Å². The van der Waals surface area contributed by atoms with Crippen LogP contribution in [0, 0.1) is 5.92 Å². The molecule has 152 valence electrons. The summed E-state index contributed by atoms with van der Waals surface area (Å²) in [5.74, 6) is 0.539. The number of aryl methyl sites for hydroxylation is 1. The fourth-order valence-electron chi connectivity index (χ4n) is 4.51. The van der Waals surface area contributed by atoms with Crippen molar-refractivity contribution in [3.05, 3.63) is 53.3 Å². The summed E-state index contributed by atoms with van der Waals surface area (Å²) in [6.45, 7) is 6.34. The van der Waals surface area contributed by atoms with Crippen LogP contribution in [-0.2, 0) is 13.6 Å². The maximum atomic E-state index is 11.9. The molecule has 1 aliphatic heterocycles. The second-order valence-corrected chi connectivity index (χ2v) is 7.90. The number of likely N-dealkylation sites (tertiary alicyclic amines) is 1. The van der Waals surface area contributed by atoms with Crippen LogP contribution in [-0.4, -0.2) is 59.2 Å². The van der Waals surface area contributed by atoms with Crippen LogP contribution in [0.15, 0.2) is 36.7 Å². The van der Waals surface area contributed by atoms with Crippen LogP contribution in [0.5, 0.6) is 0 Å². The number of hydrogen-bond donors (Lipinski definition) is 1. The van der Waals surface area contributed by atoms with Crippen molar-refractivity contribution in [3.63, 3.8) is 0 Å². The summed E-state index contributed by atoms with van der Waals surface area (Å²) < 4.78 is 1.91. The van der Waals surface area contributed by atoms with Crippen molar-refractivity contribution in [2.45, 2.75) is 32.4 Å². The molecular weight excluding hydrogens is 350 g/mol. The van der Waals surface area contributed by atoms with E-state index in [4.69, 9.17) is 0 Å². The smallest absolute Gasteiger partial charge is 0.251 e. The molecule has 0 radical (unpaired) electrons. The van der Waals surface area contributed by atoms with Gasteiger partial charge in [-0.1, -0.05) is 19.1 Å². The highest BCUT2D eigenvalue weighted by Gasteiger charge is 2.33. The van der Waals surface area contributed by atoms with Crippen LogP contribution in [0.2, 0.25) is 0 Å². The van der Waals surface area contributed by atoms with Gasteiger partial charge in [0.2, 0.25) is 0 Å².